The number of rotatable bonds is 4. The van der Waals surface area contributed by atoms with E-state index in [1.807, 2.05) is 0 Å². The van der Waals surface area contributed by atoms with Crippen LogP contribution in [0.4, 0.5) is 17.6 Å². The van der Waals surface area contributed by atoms with Crippen molar-refractivity contribution in [1.29, 1.82) is 5.26 Å². The molecule has 150 valence electrons. The Morgan fingerprint density at radius 2 is 2.03 bits per heavy atom. The van der Waals surface area contributed by atoms with E-state index >= 15 is 0 Å². The van der Waals surface area contributed by atoms with Crippen LogP contribution < -0.4 is 5.32 Å². The van der Waals surface area contributed by atoms with Crippen molar-refractivity contribution in [1.82, 2.24) is 15.2 Å². The third-order valence-corrected chi connectivity index (χ3v) is 4.43. The largest absolute Gasteiger partial charge is 0.343 e. The minimum Gasteiger partial charge on any atom is -0.343 e. The highest BCUT2D eigenvalue weighted by molar-refractivity contribution is 6.02. The zero-order valence-corrected chi connectivity index (χ0v) is 14.8. The van der Waals surface area contributed by atoms with Gasteiger partial charge in [0.2, 0.25) is 5.91 Å². The minimum absolute atomic E-state index is 0.0399. The van der Waals surface area contributed by atoms with E-state index in [4.69, 9.17) is 5.26 Å². The summed E-state index contributed by atoms with van der Waals surface area (Å²) in [6, 6.07) is 4.46. The number of aromatic nitrogens is 1. The molecule has 1 saturated heterocycles. The third kappa shape index (κ3) is 4.34. The summed E-state index contributed by atoms with van der Waals surface area (Å²) in [4.78, 5) is 29.2. The van der Waals surface area contributed by atoms with Crippen molar-refractivity contribution in [2.75, 3.05) is 13.1 Å². The quantitative estimate of drug-likeness (QED) is 0.791. The van der Waals surface area contributed by atoms with Crippen molar-refractivity contribution in [2.45, 2.75) is 18.4 Å². The Kier molecular flexibility index (Phi) is 5.50. The summed E-state index contributed by atoms with van der Waals surface area (Å²) in [6.07, 6.45) is 1.72. The van der Waals surface area contributed by atoms with Gasteiger partial charge in [0.1, 0.15) is 17.7 Å². The maximum atomic E-state index is 14.1. The minimum atomic E-state index is -3.17. The summed E-state index contributed by atoms with van der Waals surface area (Å²) >= 11 is 0. The Morgan fingerprint density at radius 3 is 2.72 bits per heavy atom. The lowest BCUT2D eigenvalue weighted by molar-refractivity contribution is -0.131. The molecule has 1 atom stereocenters. The van der Waals surface area contributed by atoms with Crippen LogP contribution in [0.1, 0.15) is 16.8 Å². The first-order chi connectivity index (χ1) is 13.7. The standard InChI is InChI=1S/C19H14F4N4O2/c20-11-1-2-13(16(21)5-11)15-8-25-4-3-14(15)18(29)26-9-17(28)27-10-19(22,23)6-12(27)7-24/h1-5,8,12H,6,9-10H2,(H,26,29)/t12-/m0/s1. The summed E-state index contributed by atoms with van der Waals surface area (Å²) in [5, 5.41) is 11.2. The van der Waals surface area contributed by atoms with Crippen LogP contribution in [0.15, 0.2) is 36.7 Å². The number of nitrogens with zero attached hydrogens (tertiary/aromatic N) is 3. The van der Waals surface area contributed by atoms with Crippen molar-refractivity contribution in [2.24, 2.45) is 0 Å². The van der Waals surface area contributed by atoms with Crippen molar-refractivity contribution >= 4 is 11.8 Å². The van der Waals surface area contributed by atoms with Crippen LogP contribution in [0, 0.1) is 23.0 Å². The van der Waals surface area contributed by atoms with E-state index in [-0.39, 0.29) is 16.7 Å². The van der Waals surface area contributed by atoms with Crippen LogP contribution in [0.2, 0.25) is 0 Å². The number of carbonyl (C=O) groups is 2. The molecule has 2 aromatic rings. The summed E-state index contributed by atoms with van der Waals surface area (Å²) in [5.41, 5.74) is -0.0424. The zero-order valence-electron chi connectivity index (χ0n) is 14.8. The third-order valence-electron chi connectivity index (χ3n) is 4.43. The number of pyridine rings is 1. The fraction of sp³-hybridized carbons (Fsp3) is 0.263. The number of halogens is 4. The van der Waals surface area contributed by atoms with Crippen molar-refractivity contribution < 1.29 is 27.2 Å². The second-order valence-electron chi connectivity index (χ2n) is 6.45. The van der Waals surface area contributed by atoms with Gasteiger partial charge in [0.15, 0.2) is 0 Å². The Bertz CT molecular complexity index is 1010. The SMILES string of the molecule is N#C[C@@H]1CC(F)(F)CN1C(=O)CNC(=O)c1ccncc1-c1ccc(F)cc1F. The normalized spacial score (nSPS) is 17.6. The predicted molar refractivity (Wildman–Crippen MR) is 92.6 cm³/mol. The molecule has 29 heavy (non-hydrogen) atoms. The maximum absolute atomic E-state index is 14.1. The molecule has 2 heterocycles. The number of nitrogens with one attached hydrogen (secondary N) is 1. The molecule has 0 saturated carbocycles. The van der Waals surface area contributed by atoms with Gasteiger partial charge in [0.25, 0.3) is 11.8 Å². The number of benzene rings is 1. The highest BCUT2D eigenvalue weighted by Crippen LogP contribution is 2.31. The molecule has 0 spiro atoms. The van der Waals surface area contributed by atoms with Gasteiger partial charge in [0, 0.05) is 36.0 Å². The van der Waals surface area contributed by atoms with Gasteiger partial charge in [-0.05, 0) is 18.2 Å². The maximum Gasteiger partial charge on any atom is 0.268 e. The number of alkyl halides is 2. The Labute approximate surface area is 162 Å². The number of hydrogen-bond donors (Lipinski definition) is 1. The molecule has 10 heteroatoms. The van der Waals surface area contributed by atoms with Crippen LogP contribution >= 0.6 is 0 Å². The van der Waals surface area contributed by atoms with Gasteiger partial charge in [0.05, 0.1) is 24.7 Å². The number of hydrogen-bond acceptors (Lipinski definition) is 4. The van der Waals surface area contributed by atoms with E-state index in [0.29, 0.717) is 11.0 Å². The average molecular weight is 406 g/mol. The fourth-order valence-corrected chi connectivity index (χ4v) is 3.06. The second-order valence-corrected chi connectivity index (χ2v) is 6.45. The zero-order chi connectivity index (χ0) is 21.2. The monoisotopic (exact) mass is 406 g/mol. The molecule has 0 radical (unpaired) electrons. The Balaban J connectivity index is 1.75. The second kappa shape index (κ2) is 7.87. The molecule has 1 aliphatic rings. The first-order valence-electron chi connectivity index (χ1n) is 8.46. The van der Waals surface area contributed by atoms with Crippen molar-refractivity contribution in [3.05, 3.63) is 53.9 Å². The predicted octanol–water partition coefficient (Wildman–Crippen LogP) is 2.52. The van der Waals surface area contributed by atoms with E-state index < -0.39 is 54.9 Å². The molecule has 1 aromatic heterocycles. The van der Waals surface area contributed by atoms with Crippen LogP contribution in [-0.4, -0.2) is 46.8 Å². The fourth-order valence-electron chi connectivity index (χ4n) is 3.06. The van der Waals surface area contributed by atoms with Crippen molar-refractivity contribution in [3.8, 4) is 17.2 Å². The molecule has 1 aromatic carbocycles. The van der Waals surface area contributed by atoms with E-state index in [1.54, 1.807) is 6.07 Å². The molecule has 3 rings (SSSR count). The number of likely N-dealkylation sites (tertiary alicyclic amines) is 1. The lowest BCUT2D eigenvalue weighted by Crippen LogP contribution is -2.43. The molecule has 1 fully saturated rings. The Hall–Kier alpha value is -3.48. The molecule has 1 N–H and O–H groups in total. The average Bonchev–Trinajstić information content (AvgIpc) is 3.01. The molecule has 6 nitrogen and oxygen atoms in total. The van der Waals surface area contributed by atoms with Crippen LogP contribution in [0.3, 0.4) is 0 Å². The van der Waals surface area contributed by atoms with E-state index in [9.17, 15) is 27.2 Å². The van der Waals surface area contributed by atoms with Crippen LogP contribution in [0.25, 0.3) is 11.1 Å². The smallest absolute Gasteiger partial charge is 0.268 e. The van der Waals surface area contributed by atoms with Gasteiger partial charge < -0.3 is 10.2 Å². The molecule has 0 aliphatic carbocycles. The summed E-state index contributed by atoms with van der Waals surface area (Å²) in [6.45, 7) is -1.53. The van der Waals surface area contributed by atoms with Gasteiger partial charge >= 0.3 is 0 Å². The summed E-state index contributed by atoms with van der Waals surface area (Å²) in [7, 11) is 0. The van der Waals surface area contributed by atoms with Gasteiger partial charge in [-0.3, -0.25) is 14.6 Å². The van der Waals surface area contributed by atoms with Gasteiger partial charge in [-0.25, -0.2) is 17.6 Å². The van der Waals surface area contributed by atoms with Gasteiger partial charge in [-0.15, -0.1) is 0 Å². The van der Waals surface area contributed by atoms with Gasteiger partial charge in [-0.2, -0.15) is 5.26 Å². The summed E-state index contributed by atoms with van der Waals surface area (Å²) < 4.78 is 54.2. The van der Waals surface area contributed by atoms with Gasteiger partial charge in [-0.1, -0.05) is 0 Å². The van der Waals surface area contributed by atoms with E-state index in [0.717, 1.165) is 12.1 Å². The number of carbonyl (C=O) groups excluding carboxylic acids is 2. The number of amides is 2. The van der Waals surface area contributed by atoms with Crippen LogP contribution in [0.5, 0.6) is 0 Å². The molecular formula is C19H14F4N4O2. The first-order valence-corrected chi connectivity index (χ1v) is 8.46. The molecule has 1 aliphatic heterocycles. The molecule has 0 unspecified atom stereocenters. The molecule has 0 bridgehead atoms. The summed E-state index contributed by atoms with van der Waals surface area (Å²) in [5.74, 6) is -6.48. The molecule has 2 amide bonds. The highest BCUT2D eigenvalue weighted by atomic mass is 19.3. The first kappa shape index (κ1) is 20.3. The highest BCUT2D eigenvalue weighted by Gasteiger charge is 2.47. The number of nitriles is 1. The van der Waals surface area contributed by atoms with E-state index in [1.165, 1.54) is 18.5 Å². The lowest BCUT2D eigenvalue weighted by Gasteiger charge is -2.19. The van der Waals surface area contributed by atoms with E-state index in [2.05, 4.69) is 10.3 Å². The van der Waals surface area contributed by atoms with Crippen molar-refractivity contribution in [3.63, 3.8) is 0 Å². The Morgan fingerprint density at radius 1 is 1.28 bits per heavy atom. The lowest BCUT2D eigenvalue weighted by atomic mass is 10.0. The topological polar surface area (TPSA) is 86.1 Å². The van der Waals surface area contributed by atoms with Crippen LogP contribution in [-0.2, 0) is 4.79 Å². The molecular weight excluding hydrogens is 392 g/mol.